The molecule has 1 N–H and O–H groups in total. The van der Waals surface area contributed by atoms with Crippen LogP contribution in [0.2, 0.25) is 0 Å². The molecule has 0 aromatic heterocycles. The molecule has 0 radical (unpaired) electrons. The fraction of sp³-hybridized carbons (Fsp3) is 0.314. The molecule has 2 heterocycles. The van der Waals surface area contributed by atoms with Gasteiger partial charge in [-0.2, -0.15) is 0 Å². The van der Waals surface area contributed by atoms with E-state index < -0.39 is 22.8 Å². The number of carbonyl (C=O) groups excluding carboxylic acids is 1. The second kappa shape index (κ2) is 13.9. The Kier molecular flexibility index (Phi) is 9.75. The van der Waals surface area contributed by atoms with E-state index in [1.807, 2.05) is 12.1 Å². The zero-order valence-corrected chi connectivity index (χ0v) is 25.8. The summed E-state index contributed by atoms with van der Waals surface area (Å²) >= 11 is 0. The van der Waals surface area contributed by atoms with Gasteiger partial charge in [-0.3, -0.25) is 19.9 Å². The first-order valence-electron chi connectivity index (χ1n) is 15.0. The number of nitro groups is 1. The number of piperazine rings is 1. The first-order chi connectivity index (χ1) is 21.7. The van der Waals surface area contributed by atoms with E-state index in [-0.39, 0.29) is 29.5 Å². The molecule has 0 amide bonds. The molecular weight excluding hydrogens is 572 g/mol. The lowest BCUT2D eigenvalue weighted by molar-refractivity contribution is -0.384. The minimum absolute atomic E-state index is 0.0157. The number of aliphatic carboxylic acids is 1. The Balaban J connectivity index is 1.27. The summed E-state index contributed by atoms with van der Waals surface area (Å²) < 4.78 is 5.78. The van der Waals surface area contributed by atoms with Crippen molar-refractivity contribution < 1.29 is 24.4 Å². The summed E-state index contributed by atoms with van der Waals surface area (Å²) in [7, 11) is 1.70. The van der Waals surface area contributed by atoms with Crippen molar-refractivity contribution in [1.29, 1.82) is 0 Å². The maximum absolute atomic E-state index is 13.6. The molecule has 0 spiro atoms. The molecule has 1 unspecified atom stereocenters. The Morgan fingerprint density at radius 2 is 1.47 bits per heavy atom. The quantitative estimate of drug-likeness (QED) is 0.188. The summed E-state index contributed by atoms with van der Waals surface area (Å²) in [4.78, 5) is 43.5. The zero-order chi connectivity index (χ0) is 32.1. The van der Waals surface area contributed by atoms with Crippen LogP contribution in [0.5, 0.6) is 0 Å². The summed E-state index contributed by atoms with van der Waals surface area (Å²) in [6, 6.07) is 26.9. The number of hydrogen-bond acceptors (Lipinski definition) is 8. The van der Waals surface area contributed by atoms with Gasteiger partial charge in [-0.1, -0.05) is 72.8 Å². The molecule has 1 saturated heterocycles. The topological polar surface area (TPSA) is 116 Å². The Hall–Kier alpha value is -4.80. The minimum Gasteiger partial charge on any atom is -0.478 e. The maximum atomic E-state index is 13.6. The highest BCUT2D eigenvalue weighted by molar-refractivity contribution is 5.99. The standard InChI is InChI=1S/C35H38N4O6/c1-24-30(34(40)41)32(28-15-10-16-29(23-28)39(43)44)31(25(2)36(24)3)35(42)45-22-21-37-17-19-38(20-18-37)33(26-11-6-4-7-12-26)27-13-8-5-9-14-27/h4-16,23,32-33H,17-22H2,1-3H3,(H,40,41). The van der Waals surface area contributed by atoms with Crippen LogP contribution in [0.4, 0.5) is 5.69 Å². The molecule has 0 aliphatic carbocycles. The maximum Gasteiger partial charge on any atom is 0.336 e. The molecule has 10 nitrogen and oxygen atoms in total. The summed E-state index contributed by atoms with van der Waals surface area (Å²) in [5.41, 5.74) is 3.81. The Labute approximate surface area is 263 Å². The largest absolute Gasteiger partial charge is 0.478 e. The molecule has 1 atom stereocenters. The number of esters is 1. The van der Waals surface area contributed by atoms with Crippen LogP contribution in [0.25, 0.3) is 0 Å². The molecule has 2 aliphatic heterocycles. The Bertz CT molecular complexity index is 1570. The predicted molar refractivity (Wildman–Crippen MR) is 170 cm³/mol. The van der Waals surface area contributed by atoms with Gasteiger partial charge in [-0.25, -0.2) is 9.59 Å². The van der Waals surface area contributed by atoms with E-state index >= 15 is 0 Å². The number of allylic oxidation sites excluding steroid dienone is 2. The van der Waals surface area contributed by atoms with Crippen LogP contribution in [0.3, 0.4) is 0 Å². The first-order valence-corrected chi connectivity index (χ1v) is 15.0. The molecule has 10 heteroatoms. The van der Waals surface area contributed by atoms with Gasteiger partial charge in [-0.05, 0) is 30.5 Å². The highest BCUT2D eigenvalue weighted by Gasteiger charge is 2.39. The average Bonchev–Trinajstić information content (AvgIpc) is 3.05. The molecule has 1 fully saturated rings. The third-order valence-corrected chi connectivity index (χ3v) is 8.87. The van der Waals surface area contributed by atoms with Crippen LogP contribution in [0, 0.1) is 10.1 Å². The van der Waals surface area contributed by atoms with Crippen LogP contribution in [0.15, 0.2) is 107 Å². The smallest absolute Gasteiger partial charge is 0.336 e. The van der Waals surface area contributed by atoms with Gasteiger partial charge in [0.05, 0.1) is 28.0 Å². The van der Waals surface area contributed by atoms with Crippen molar-refractivity contribution in [3.8, 4) is 0 Å². The van der Waals surface area contributed by atoms with Crippen molar-refractivity contribution in [3.05, 3.63) is 134 Å². The number of non-ortho nitro benzene ring substituents is 1. The number of carboxylic acids is 1. The van der Waals surface area contributed by atoms with Crippen molar-refractivity contribution in [2.75, 3.05) is 46.4 Å². The van der Waals surface area contributed by atoms with E-state index in [1.165, 1.54) is 29.3 Å². The van der Waals surface area contributed by atoms with Crippen LogP contribution >= 0.6 is 0 Å². The zero-order valence-electron chi connectivity index (χ0n) is 25.8. The summed E-state index contributed by atoms with van der Waals surface area (Å²) in [5, 5.41) is 21.7. The number of nitrogens with zero attached hydrogens (tertiary/aromatic N) is 4. The van der Waals surface area contributed by atoms with E-state index in [0.717, 1.165) is 26.2 Å². The monoisotopic (exact) mass is 610 g/mol. The number of hydrogen-bond donors (Lipinski definition) is 1. The lowest BCUT2D eigenvalue weighted by atomic mass is 9.80. The van der Waals surface area contributed by atoms with Crippen LogP contribution < -0.4 is 0 Å². The fourth-order valence-corrected chi connectivity index (χ4v) is 6.35. The summed E-state index contributed by atoms with van der Waals surface area (Å²) in [6.07, 6.45) is 0. The van der Waals surface area contributed by atoms with E-state index in [1.54, 1.807) is 31.9 Å². The molecule has 0 saturated carbocycles. The van der Waals surface area contributed by atoms with Crippen molar-refractivity contribution in [3.63, 3.8) is 0 Å². The predicted octanol–water partition coefficient (Wildman–Crippen LogP) is 5.21. The number of ether oxygens (including phenoxy) is 1. The number of benzene rings is 3. The third kappa shape index (κ3) is 6.82. The van der Waals surface area contributed by atoms with Gasteiger partial charge in [0.2, 0.25) is 0 Å². The second-order valence-corrected chi connectivity index (χ2v) is 11.4. The molecule has 5 rings (SSSR count). The van der Waals surface area contributed by atoms with E-state index in [0.29, 0.717) is 23.5 Å². The highest BCUT2D eigenvalue weighted by atomic mass is 16.6. The van der Waals surface area contributed by atoms with Gasteiger partial charge in [0.1, 0.15) is 6.61 Å². The first kappa shape index (κ1) is 31.6. The van der Waals surface area contributed by atoms with Crippen LogP contribution in [0.1, 0.15) is 42.5 Å². The lowest BCUT2D eigenvalue weighted by Crippen LogP contribution is -2.48. The lowest BCUT2D eigenvalue weighted by Gasteiger charge is -2.39. The van der Waals surface area contributed by atoms with Crippen molar-refractivity contribution in [2.24, 2.45) is 0 Å². The molecular formula is C35H38N4O6. The molecule has 45 heavy (non-hydrogen) atoms. The normalized spacial score (nSPS) is 18.0. The van der Waals surface area contributed by atoms with Gasteiger partial charge in [0.25, 0.3) is 5.69 Å². The van der Waals surface area contributed by atoms with E-state index in [4.69, 9.17) is 4.74 Å². The van der Waals surface area contributed by atoms with Crippen LogP contribution in [-0.2, 0) is 14.3 Å². The SMILES string of the molecule is CC1=C(C(=O)O)C(c2cccc([N+](=O)[O-])c2)C(C(=O)OCCN2CCN(C(c3ccccc3)c3ccccc3)CC2)=C(C)N1C. The van der Waals surface area contributed by atoms with Gasteiger partial charge >= 0.3 is 11.9 Å². The average molecular weight is 611 g/mol. The summed E-state index contributed by atoms with van der Waals surface area (Å²) in [5.74, 6) is -2.84. The van der Waals surface area contributed by atoms with Crippen molar-refractivity contribution in [2.45, 2.75) is 25.8 Å². The number of carboxylic acid groups (broad SMARTS) is 1. The Morgan fingerprint density at radius 1 is 0.889 bits per heavy atom. The fourth-order valence-electron chi connectivity index (χ4n) is 6.35. The van der Waals surface area contributed by atoms with Gasteiger partial charge < -0.3 is 14.7 Å². The van der Waals surface area contributed by atoms with Gasteiger partial charge in [0.15, 0.2) is 0 Å². The van der Waals surface area contributed by atoms with Crippen molar-refractivity contribution in [1.82, 2.24) is 14.7 Å². The molecule has 0 bridgehead atoms. The third-order valence-electron chi connectivity index (χ3n) is 8.87. The van der Waals surface area contributed by atoms with Crippen molar-refractivity contribution >= 4 is 17.6 Å². The minimum atomic E-state index is -1.20. The summed E-state index contributed by atoms with van der Waals surface area (Å²) in [6.45, 7) is 7.37. The second-order valence-electron chi connectivity index (χ2n) is 11.4. The number of nitro benzene ring substituents is 1. The van der Waals surface area contributed by atoms with E-state index in [9.17, 15) is 24.8 Å². The number of rotatable bonds is 10. The highest BCUT2D eigenvalue weighted by Crippen LogP contribution is 2.42. The molecule has 3 aromatic rings. The molecule has 2 aliphatic rings. The number of carbonyl (C=O) groups is 2. The van der Waals surface area contributed by atoms with Gasteiger partial charge in [-0.15, -0.1) is 0 Å². The Morgan fingerprint density at radius 3 is 2.02 bits per heavy atom. The molecule has 234 valence electrons. The van der Waals surface area contributed by atoms with Crippen LogP contribution in [-0.4, -0.2) is 83.0 Å². The van der Waals surface area contributed by atoms with Gasteiger partial charge in [0, 0.05) is 63.3 Å². The molecule has 3 aromatic carbocycles. The van der Waals surface area contributed by atoms with E-state index in [2.05, 4.69) is 58.3 Å².